The van der Waals surface area contributed by atoms with Crippen molar-refractivity contribution >= 4 is 11.9 Å². The van der Waals surface area contributed by atoms with Crippen molar-refractivity contribution < 1.29 is 44.3 Å². The average molecular weight is 420 g/mol. The van der Waals surface area contributed by atoms with Crippen LogP contribution in [0.3, 0.4) is 0 Å². The zero-order chi connectivity index (χ0) is 20.0. The standard InChI is InChI=1S/C13H17F9N2OS/c1-23(2-3-24-4-6-25-7-5-24)26-10(16)8-9(14,15)11(17,18)13(21,22)12(10,19)20/h2-8H2,1H3. The molecule has 2 aliphatic rings. The van der Waals surface area contributed by atoms with Gasteiger partial charge in [0.2, 0.25) is 5.00 Å². The van der Waals surface area contributed by atoms with Gasteiger partial charge in [0.1, 0.15) is 0 Å². The summed E-state index contributed by atoms with van der Waals surface area (Å²) in [5.74, 6) is -24.5. The minimum absolute atomic E-state index is 0.139. The summed E-state index contributed by atoms with van der Waals surface area (Å²) in [5, 5.41) is -4.60. The van der Waals surface area contributed by atoms with Crippen molar-refractivity contribution in [2.75, 3.05) is 46.4 Å². The molecule has 1 atom stereocenters. The van der Waals surface area contributed by atoms with Crippen LogP contribution in [0.4, 0.5) is 39.5 Å². The molecule has 3 nitrogen and oxygen atoms in total. The van der Waals surface area contributed by atoms with Crippen LogP contribution in [-0.4, -0.2) is 84.3 Å². The van der Waals surface area contributed by atoms with Gasteiger partial charge in [0, 0.05) is 26.2 Å². The summed E-state index contributed by atoms with van der Waals surface area (Å²) in [4.78, 5) is 1.81. The maximum atomic E-state index is 14.5. The summed E-state index contributed by atoms with van der Waals surface area (Å²) in [6.07, 6.45) is -2.73. The lowest BCUT2D eigenvalue weighted by Gasteiger charge is -2.48. The fourth-order valence-electron chi connectivity index (χ4n) is 2.66. The number of ether oxygens (including phenoxy) is 1. The van der Waals surface area contributed by atoms with Crippen LogP contribution in [0.1, 0.15) is 6.42 Å². The molecule has 0 bridgehead atoms. The van der Waals surface area contributed by atoms with Gasteiger partial charge in [0.15, 0.2) is 0 Å². The van der Waals surface area contributed by atoms with E-state index in [0.717, 1.165) is 11.4 Å². The van der Waals surface area contributed by atoms with Gasteiger partial charge in [-0.1, -0.05) is 0 Å². The number of nitrogens with zero attached hydrogens (tertiary/aromatic N) is 2. The van der Waals surface area contributed by atoms with Crippen LogP contribution in [0, 0.1) is 0 Å². The molecule has 0 aromatic rings. The highest BCUT2D eigenvalue weighted by atomic mass is 32.2. The van der Waals surface area contributed by atoms with Crippen molar-refractivity contribution in [3.8, 4) is 0 Å². The van der Waals surface area contributed by atoms with Crippen LogP contribution >= 0.6 is 11.9 Å². The lowest BCUT2D eigenvalue weighted by atomic mass is 9.84. The van der Waals surface area contributed by atoms with Gasteiger partial charge >= 0.3 is 23.7 Å². The Bertz CT molecular complexity index is 516. The Balaban J connectivity index is 2.12. The average Bonchev–Trinajstić information content (AvgIpc) is 2.51. The monoisotopic (exact) mass is 420 g/mol. The van der Waals surface area contributed by atoms with E-state index in [1.807, 2.05) is 4.90 Å². The second-order valence-corrected chi connectivity index (χ2v) is 7.68. The van der Waals surface area contributed by atoms with E-state index in [1.165, 1.54) is 0 Å². The van der Waals surface area contributed by atoms with Gasteiger partial charge in [0.05, 0.1) is 19.6 Å². The van der Waals surface area contributed by atoms with Crippen molar-refractivity contribution in [1.82, 2.24) is 9.21 Å². The van der Waals surface area contributed by atoms with Crippen molar-refractivity contribution in [2.45, 2.75) is 35.1 Å². The molecule has 0 aromatic carbocycles. The molecule has 0 amide bonds. The molecule has 2 fully saturated rings. The quantitative estimate of drug-likeness (QED) is 0.500. The third-order valence-electron chi connectivity index (χ3n) is 4.30. The molecule has 1 saturated carbocycles. The molecule has 2 rings (SSSR count). The molecule has 1 aliphatic heterocycles. The van der Waals surface area contributed by atoms with E-state index in [-0.39, 0.29) is 13.1 Å². The maximum absolute atomic E-state index is 14.5. The number of alkyl halides is 9. The molecule has 0 spiro atoms. The molecule has 1 unspecified atom stereocenters. The number of hydrogen-bond acceptors (Lipinski definition) is 4. The summed E-state index contributed by atoms with van der Waals surface area (Å²) >= 11 is -0.611. The minimum Gasteiger partial charge on any atom is -0.379 e. The first-order valence-electron chi connectivity index (χ1n) is 7.58. The zero-order valence-corrected chi connectivity index (χ0v) is 14.4. The molecule has 1 saturated heterocycles. The Morgan fingerprint density at radius 1 is 0.885 bits per heavy atom. The number of rotatable bonds is 5. The van der Waals surface area contributed by atoms with Gasteiger partial charge in [-0.25, -0.2) is 8.70 Å². The first-order chi connectivity index (χ1) is 11.7. The Hall–Kier alpha value is -0.400. The van der Waals surface area contributed by atoms with Crippen LogP contribution < -0.4 is 0 Å². The van der Waals surface area contributed by atoms with E-state index in [4.69, 9.17) is 4.74 Å². The van der Waals surface area contributed by atoms with Gasteiger partial charge in [-0.2, -0.15) is 35.1 Å². The fourth-order valence-corrected chi connectivity index (χ4v) is 3.81. The van der Waals surface area contributed by atoms with E-state index in [2.05, 4.69) is 0 Å². The number of halogens is 9. The van der Waals surface area contributed by atoms with Crippen molar-refractivity contribution in [3.05, 3.63) is 0 Å². The van der Waals surface area contributed by atoms with E-state index in [9.17, 15) is 39.5 Å². The first-order valence-corrected chi connectivity index (χ1v) is 8.36. The molecule has 154 valence electrons. The Morgan fingerprint density at radius 2 is 1.42 bits per heavy atom. The normalized spacial score (nSPS) is 33.3. The number of morpholine rings is 1. The third kappa shape index (κ3) is 3.39. The molecule has 1 heterocycles. The Morgan fingerprint density at radius 3 is 1.96 bits per heavy atom. The lowest BCUT2D eigenvalue weighted by molar-refractivity contribution is -0.411. The van der Waals surface area contributed by atoms with Crippen molar-refractivity contribution in [3.63, 3.8) is 0 Å². The third-order valence-corrected chi connectivity index (χ3v) is 5.49. The molecule has 0 N–H and O–H groups in total. The fraction of sp³-hybridized carbons (Fsp3) is 1.00. The smallest absolute Gasteiger partial charge is 0.379 e. The van der Waals surface area contributed by atoms with Gasteiger partial charge < -0.3 is 4.74 Å². The van der Waals surface area contributed by atoms with E-state index >= 15 is 0 Å². The molecule has 1 aliphatic carbocycles. The van der Waals surface area contributed by atoms with Crippen LogP contribution in [0.15, 0.2) is 0 Å². The van der Waals surface area contributed by atoms with Crippen LogP contribution in [0.5, 0.6) is 0 Å². The van der Waals surface area contributed by atoms with Crippen LogP contribution in [0.25, 0.3) is 0 Å². The molecular formula is C13H17F9N2OS. The second kappa shape index (κ2) is 6.89. The minimum atomic E-state index is -6.55. The molecule has 0 aromatic heterocycles. The predicted octanol–water partition coefficient (Wildman–Crippen LogP) is 3.51. The second-order valence-electron chi connectivity index (χ2n) is 6.23. The van der Waals surface area contributed by atoms with E-state index in [1.54, 1.807) is 0 Å². The molecular weight excluding hydrogens is 403 g/mol. The Labute approximate surface area is 147 Å². The summed E-state index contributed by atoms with van der Waals surface area (Å²) in [5.41, 5.74) is 0. The zero-order valence-electron chi connectivity index (χ0n) is 13.6. The summed E-state index contributed by atoms with van der Waals surface area (Å²) < 4.78 is 128. The first kappa shape index (κ1) is 21.9. The Kier molecular flexibility index (Phi) is 5.80. The van der Waals surface area contributed by atoms with Gasteiger partial charge in [0.25, 0.3) is 0 Å². The van der Waals surface area contributed by atoms with Gasteiger partial charge in [-0.05, 0) is 19.0 Å². The molecule has 26 heavy (non-hydrogen) atoms. The summed E-state index contributed by atoms with van der Waals surface area (Å²) in [7, 11) is 1.03. The molecule has 0 radical (unpaired) electrons. The molecule has 13 heteroatoms. The van der Waals surface area contributed by atoms with Crippen LogP contribution in [0.2, 0.25) is 0 Å². The highest BCUT2D eigenvalue weighted by Crippen LogP contribution is 2.67. The number of likely N-dealkylation sites (N-methyl/N-ethyl adjacent to an activating group) is 1. The highest BCUT2D eigenvalue weighted by Gasteiger charge is 2.91. The largest absolute Gasteiger partial charge is 0.382 e. The topological polar surface area (TPSA) is 15.7 Å². The van der Waals surface area contributed by atoms with Crippen molar-refractivity contribution in [1.29, 1.82) is 0 Å². The van der Waals surface area contributed by atoms with Crippen molar-refractivity contribution in [2.24, 2.45) is 0 Å². The lowest BCUT2D eigenvalue weighted by Crippen LogP contribution is -2.74. The predicted molar refractivity (Wildman–Crippen MR) is 75.7 cm³/mol. The SMILES string of the molecule is CN(CCN1CCOCC1)SC1(F)CC(F)(F)C(F)(F)C(F)(F)C1(F)F. The van der Waals surface area contributed by atoms with E-state index in [0.29, 0.717) is 26.3 Å². The summed E-state index contributed by atoms with van der Waals surface area (Å²) in [6, 6.07) is 0. The highest BCUT2D eigenvalue weighted by molar-refractivity contribution is 7.98. The number of hydrogen-bond donors (Lipinski definition) is 0. The van der Waals surface area contributed by atoms with Crippen LogP contribution in [-0.2, 0) is 4.74 Å². The van der Waals surface area contributed by atoms with Gasteiger partial charge in [-0.15, -0.1) is 0 Å². The maximum Gasteiger partial charge on any atom is 0.382 e. The summed E-state index contributed by atoms with van der Waals surface area (Å²) in [6.45, 7) is 1.89. The van der Waals surface area contributed by atoms with E-state index < -0.39 is 47.1 Å². The van der Waals surface area contributed by atoms with Gasteiger partial charge in [-0.3, -0.25) is 4.90 Å².